The molecule has 0 aromatic carbocycles. The standard InChI is InChI=1S/C13H20N2/c1-3-7-14-9-12-6-8-15-10(2)13(12)11-4-5-11/h6,8,11,14H,3-5,7,9H2,1-2H3. The lowest BCUT2D eigenvalue weighted by Crippen LogP contribution is -2.15. The molecule has 1 fully saturated rings. The maximum absolute atomic E-state index is 4.40. The van der Waals surface area contributed by atoms with Crippen molar-refractivity contribution in [2.24, 2.45) is 0 Å². The molecule has 1 aliphatic carbocycles. The van der Waals surface area contributed by atoms with Gasteiger partial charge in [0.1, 0.15) is 0 Å². The summed E-state index contributed by atoms with van der Waals surface area (Å²) in [4.78, 5) is 4.40. The number of aromatic nitrogens is 1. The summed E-state index contributed by atoms with van der Waals surface area (Å²) in [6.07, 6.45) is 5.84. The van der Waals surface area contributed by atoms with Crippen LogP contribution in [0.5, 0.6) is 0 Å². The molecule has 0 aliphatic heterocycles. The second-order valence-corrected chi connectivity index (χ2v) is 4.42. The summed E-state index contributed by atoms with van der Waals surface area (Å²) in [6.45, 7) is 6.44. The van der Waals surface area contributed by atoms with E-state index in [1.807, 2.05) is 6.20 Å². The van der Waals surface area contributed by atoms with Crippen molar-refractivity contribution in [3.8, 4) is 0 Å². The molecule has 0 radical (unpaired) electrons. The molecule has 1 aromatic rings. The zero-order valence-corrected chi connectivity index (χ0v) is 9.71. The number of nitrogens with zero attached hydrogens (tertiary/aromatic N) is 1. The van der Waals surface area contributed by atoms with Crippen LogP contribution in [0.4, 0.5) is 0 Å². The zero-order chi connectivity index (χ0) is 10.7. The molecule has 0 amide bonds. The van der Waals surface area contributed by atoms with Gasteiger partial charge in [-0.25, -0.2) is 0 Å². The van der Waals surface area contributed by atoms with Crippen LogP contribution in [0.3, 0.4) is 0 Å². The van der Waals surface area contributed by atoms with Crippen LogP contribution in [-0.2, 0) is 6.54 Å². The van der Waals surface area contributed by atoms with Gasteiger partial charge in [-0.2, -0.15) is 0 Å². The van der Waals surface area contributed by atoms with Gasteiger partial charge in [0.2, 0.25) is 0 Å². The van der Waals surface area contributed by atoms with Crippen LogP contribution in [0.15, 0.2) is 12.3 Å². The average molecular weight is 204 g/mol. The van der Waals surface area contributed by atoms with E-state index < -0.39 is 0 Å². The molecule has 2 heteroatoms. The van der Waals surface area contributed by atoms with Crippen molar-refractivity contribution in [2.75, 3.05) is 6.54 Å². The lowest BCUT2D eigenvalue weighted by molar-refractivity contribution is 0.669. The highest BCUT2D eigenvalue weighted by molar-refractivity contribution is 5.35. The zero-order valence-electron chi connectivity index (χ0n) is 9.71. The molecule has 2 nitrogen and oxygen atoms in total. The normalized spacial score (nSPS) is 15.6. The molecule has 1 saturated carbocycles. The van der Waals surface area contributed by atoms with Crippen molar-refractivity contribution >= 4 is 0 Å². The Morgan fingerprint density at radius 1 is 1.47 bits per heavy atom. The Labute approximate surface area is 92.1 Å². The van der Waals surface area contributed by atoms with Crippen LogP contribution in [0.2, 0.25) is 0 Å². The number of pyridine rings is 1. The minimum atomic E-state index is 0.803. The summed E-state index contributed by atoms with van der Waals surface area (Å²) in [6, 6.07) is 2.17. The Balaban J connectivity index is 2.10. The fraction of sp³-hybridized carbons (Fsp3) is 0.615. The summed E-state index contributed by atoms with van der Waals surface area (Å²) >= 11 is 0. The molecule has 0 bridgehead atoms. The lowest BCUT2D eigenvalue weighted by atomic mass is 10.0. The third-order valence-corrected chi connectivity index (χ3v) is 3.01. The van der Waals surface area contributed by atoms with E-state index >= 15 is 0 Å². The van der Waals surface area contributed by atoms with E-state index in [0.717, 1.165) is 19.0 Å². The molecule has 0 atom stereocenters. The monoisotopic (exact) mass is 204 g/mol. The Kier molecular flexibility index (Phi) is 3.37. The highest BCUT2D eigenvalue weighted by Crippen LogP contribution is 2.42. The molecule has 82 valence electrons. The second kappa shape index (κ2) is 4.75. The Bertz CT molecular complexity index is 329. The van der Waals surface area contributed by atoms with Crippen LogP contribution in [0.25, 0.3) is 0 Å². The average Bonchev–Trinajstić information content (AvgIpc) is 3.02. The molecule has 1 heterocycles. The summed E-state index contributed by atoms with van der Waals surface area (Å²) in [5.74, 6) is 0.803. The lowest BCUT2D eigenvalue weighted by Gasteiger charge is -2.11. The van der Waals surface area contributed by atoms with Gasteiger partial charge in [0.25, 0.3) is 0 Å². The first-order valence-electron chi connectivity index (χ1n) is 5.98. The van der Waals surface area contributed by atoms with Gasteiger partial charge in [0.05, 0.1) is 0 Å². The summed E-state index contributed by atoms with van der Waals surface area (Å²) in [5.41, 5.74) is 4.20. The summed E-state index contributed by atoms with van der Waals surface area (Å²) in [5, 5.41) is 3.47. The van der Waals surface area contributed by atoms with Crippen LogP contribution in [-0.4, -0.2) is 11.5 Å². The molecule has 15 heavy (non-hydrogen) atoms. The van der Waals surface area contributed by atoms with Crippen molar-refractivity contribution in [1.82, 2.24) is 10.3 Å². The number of hydrogen-bond donors (Lipinski definition) is 1. The first-order valence-corrected chi connectivity index (χ1v) is 5.98. The predicted molar refractivity (Wildman–Crippen MR) is 62.9 cm³/mol. The summed E-state index contributed by atoms with van der Waals surface area (Å²) in [7, 11) is 0. The highest BCUT2D eigenvalue weighted by Gasteiger charge is 2.27. The minimum absolute atomic E-state index is 0.803. The van der Waals surface area contributed by atoms with Gasteiger partial charge >= 0.3 is 0 Å². The third-order valence-electron chi connectivity index (χ3n) is 3.01. The first-order chi connectivity index (χ1) is 7.33. The molecule has 0 unspecified atom stereocenters. The van der Waals surface area contributed by atoms with Crippen LogP contribution in [0, 0.1) is 6.92 Å². The molecule has 0 spiro atoms. The van der Waals surface area contributed by atoms with Crippen LogP contribution in [0.1, 0.15) is 48.9 Å². The molecular formula is C13H20N2. The van der Waals surface area contributed by atoms with Crippen molar-refractivity contribution in [3.05, 3.63) is 29.1 Å². The molecule has 2 rings (SSSR count). The predicted octanol–water partition coefficient (Wildman–Crippen LogP) is 2.77. The van der Waals surface area contributed by atoms with Gasteiger partial charge in [-0.1, -0.05) is 6.92 Å². The molecule has 0 saturated heterocycles. The van der Waals surface area contributed by atoms with Gasteiger partial charge in [0, 0.05) is 18.4 Å². The van der Waals surface area contributed by atoms with Crippen molar-refractivity contribution in [3.63, 3.8) is 0 Å². The van der Waals surface area contributed by atoms with Crippen LogP contribution >= 0.6 is 0 Å². The quantitative estimate of drug-likeness (QED) is 0.746. The van der Waals surface area contributed by atoms with Gasteiger partial charge in [0.15, 0.2) is 0 Å². The van der Waals surface area contributed by atoms with Gasteiger partial charge in [-0.15, -0.1) is 0 Å². The van der Waals surface area contributed by atoms with Crippen LogP contribution < -0.4 is 5.32 Å². The number of rotatable bonds is 5. The van der Waals surface area contributed by atoms with E-state index in [2.05, 4.69) is 30.2 Å². The van der Waals surface area contributed by atoms with Gasteiger partial charge in [-0.05, 0) is 55.8 Å². The third kappa shape index (κ3) is 2.57. The maximum atomic E-state index is 4.40. The fourth-order valence-electron chi connectivity index (χ4n) is 2.11. The highest BCUT2D eigenvalue weighted by atomic mass is 14.8. The number of nitrogens with one attached hydrogen (secondary N) is 1. The van der Waals surface area contributed by atoms with Gasteiger partial charge in [-0.3, -0.25) is 4.98 Å². The summed E-state index contributed by atoms with van der Waals surface area (Å²) < 4.78 is 0. The van der Waals surface area contributed by atoms with E-state index in [1.165, 1.54) is 36.1 Å². The smallest absolute Gasteiger partial charge is 0.0410 e. The Morgan fingerprint density at radius 2 is 2.27 bits per heavy atom. The van der Waals surface area contributed by atoms with E-state index in [0.29, 0.717) is 0 Å². The molecule has 1 aromatic heterocycles. The molecular weight excluding hydrogens is 184 g/mol. The maximum Gasteiger partial charge on any atom is 0.0410 e. The number of hydrogen-bond acceptors (Lipinski definition) is 2. The van der Waals surface area contributed by atoms with E-state index in [1.54, 1.807) is 0 Å². The van der Waals surface area contributed by atoms with Crippen molar-refractivity contribution in [2.45, 2.75) is 45.6 Å². The van der Waals surface area contributed by atoms with Crippen molar-refractivity contribution in [1.29, 1.82) is 0 Å². The largest absolute Gasteiger partial charge is 0.313 e. The minimum Gasteiger partial charge on any atom is -0.313 e. The topological polar surface area (TPSA) is 24.9 Å². The molecule has 1 aliphatic rings. The molecule has 1 N–H and O–H groups in total. The van der Waals surface area contributed by atoms with E-state index in [4.69, 9.17) is 0 Å². The SMILES string of the molecule is CCCNCc1ccnc(C)c1C1CC1. The fourth-order valence-corrected chi connectivity index (χ4v) is 2.11. The van der Waals surface area contributed by atoms with E-state index in [9.17, 15) is 0 Å². The van der Waals surface area contributed by atoms with E-state index in [-0.39, 0.29) is 0 Å². The Hall–Kier alpha value is -0.890. The Morgan fingerprint density at radius 3 is 2.93 bits per heavy atom. The second-order valence-electron chi connectivity index (χ2n) is 4.42. The first kappa shape index (κ1) is 10.6. The van der Waals surface area contributed by atoms with Crippen molar-refractivity contribution < 1.29 is 0 Å². The number of aryl methyl sites for hydroxylation is 1. The van der Waals surface area contributed by atoms with Gasteiger partial charge < -0.3 is 5.32 Å².